The van der Waals surface area contributed by atoms with Gasteiger partial charge in [-0.2, -0.15) is 0 Å². The zero-order valence-electron chi connectivity index (χ0n) is 9.34. The monoisotopic (exact) mass is 242 g/mol. The lowest BCUT2D eigenvalue weighted by Crippen LogP contribution is -2.51. The van der Waals surface area contributed by atoms with Crippen molar-refractivity contribution in [3.8, 4) is 11.5 Å². The first kappa shape index (κ1) is 11.4. The highest BCUT2D eigenvalue weighted by atomic mass is 35.5. The normalized spacial score (nSPS) is 15.4. The summed E-state index contributed by atoms with van der Waals surface area (Å²) >= 11 is 6.02. The molecule has 4 nitrogen and oxygen atoms in total. The molecular weight excluding hydrogens is 228 g/mol. The van der Waals surface area contributed by atoms with E-state index in [1.807, 2.05) is 6.07 Å². The van der Waals surface area contributed by atoms with Crippen LogP contribution in [0.5, 0.6) is 11.5 Å². The average molecular weight is 243 g/mol. The summed E-state index contributed by atoms with van der Waals surface area (Å²) in [5.74, 6) is 1.38. The summed E-state index contributed by atoms with van der Waals surface area (Å²) < 4.78 is 10.4. The van der Waals surface area contributed by atoms with E-state index in [1.165, 1.54) is 0 Å². The van der Waals surface area contributed by atoms with Crippen LogP contribution >= 0.6 is 11.6 Å². The van der Waals surface area contributed by atoms with Gasteiger partial charge in [-0.05, 0) is 0 Å². The first-order valence-corrected chi connectivity index (χ1v) is 5.51. The molecular formula is C11H15ClN2O2. The van der Waals surface area contributed by atoms with Crippen LogP contribution < -0.4 is 20.1 Å². The molecule has 0 atom stereocenters. The van der Waals surface area contributed by atoms with Crippen LogP contribution in [0.25, 0.3) is 0 Å². The van der Waals surface area contributed by atoms with Gasteiger partial charge in [-0.15, -0.1) is 0 Å². The number of hydrogen-bond donors (Lipinski definition) is 2. The molecule has 5 heteroatoms. The summed E-state index contributed by atoms with van der Waals surface area (Å²) in [6.45, 7) is 1.93. The molecule has 0 amide bonds. The van der Waals surface area contributed by atoms with E-state index >= 15 is 0 Å². The van der Waals surface area contributed by atoms with E-state index in [2.05, 4.69) is 10.6 Å². The van der Waals surface area contributed by atoms with Gasteiger partial charge in [0.15, 0.2) is 0 Å². The fourth-order valence-corrected chi connectivity index (χ4v) is 1.81. The zero-order valence-corrected chi connectivity index (χ0v) is 10.1. The van der Waals surface area contributed by atoms with Crippen molar-refractivity contribution < 1.29 is 9.47 Å². The van der Waals surface area contributed by atoms with Gasteiger partial charge in [0.05, 0.1) is 31.0 Å². The maximum atomic E-state index is 6.02. The highest BCUT2D eigenvalue weighted by molar-refractivity contribution is 6.32. The van der Waals surface area contributed by atoms with Crippen LogP contribution in [0.15, 0.2) is 12.1 Å². The smallest absolute Gasteiger partial charge is 0.143 e. The van der Waals surface area contributed by atoms with Gasteiger partial charge in [0.2, 0.25) is 0 Å². The number of anilines is 1. The molecule has 88 valence electrons. The minimum absolute atomic E-state index is 0.444. The predicted octanol–water partition coefficient (Wildman–Crippen LogP) is 1.74. The van der Waals surface area contributed by atoms with Crippen LogP contribution in [0.1, 0.15) is 0 Å². The van der Waals surface area contributed by atoms with Crippen LogP contribution in [0.4, 0.5) is 5.69 Å². The minimum Gasteiger partial charge on any atom is -0.495 e. The molecule has 0 saturated carbocycles. The third kappa shape index (κ3) is 2.18. The molecule has 2 rings (SSSR count). The van der Waals surface area contributed by atoms with E-state index in [0.717, 1.165) is 24.5 Å². The summed E-state index contributed by atoms with van der Waals surface area (Å²) in [6, 6.07) is 4.06. The van der Waals surface area contributed by atoms with Crippen LogP contribution in [0.2, 0.25) is 5.02 Å². The van der Waals surface area contributed by atoms with Crippen molar-refractivity contribution in [1.82, 2.24) is 5.32 Å². The van der Waals surface area contributed by atoms with Gasteiger partial charge in [-0.25, -0.2) is 0 Å². The number of halogens is 1. The molecule has 1 aliphatic heterocycles. The zero-order chi connectivity index (χ0) is 11.5. The third-order valence-electron chi connectivity index (χ3n) is 2.62. The van der Waals surface area contributed by atoms with Crippen molar-refractivity contribution in [3.05, 3.63) is 17.2 Å². The van der Waals surface area contributed by atoms with Gasteiger partial charge in [-0.1, -0.05) is 11.6 Å². The number of ether oxygens (including phenoxy) is 2. The second kappa shape index (κ2) is 4.80. The molecule has 1 fully saturated rings. The van der Waals surface area contributed by atoms with E-state index in [1.54, 1.807) is 20.3 Å². The summed E-state index contributed by atoms with van der Waals surface area (Å²) in [5, 5.41) is 7.12. The third-order valence-corrected chi connectivity index (χ3v) is 2.91. The summed E-state index contributed by atoms with van der Waals surface area (Å²) in [7, 11) is 3.23. The highest BCUT2D eigenvalue weighted by Gasteiger charge is 2.19. The van der Waals surface area contributed by atoms with Crippen LogP contribution in [0.3, 0.4) is 0 Å². The van der Waals surface area contributed by atoms with Crippen molar-refractivity contribution >= 4 is 17.3 Å². The Morgan fingerprint density at radius 2 is 1.94 bits per heavy atom. The molecule has 0 unspecified atom stereocenters. The maximum absolute atomic E-state index is 6.02. The Kier molecular flexibility index (Phi) is 3.41. The predicted molar refractivity (Wildman–Crippen MR) is 64.8 cm³/mol. The Morgan fingerprint density at radius 1 is 1.25 bits per heavy atom. The molecule has 16 heavy (non-hydrogen) atoms. The Labute approximate surface area is 99.9 Å². The van der Waals surface area contributed by atoms with E-state index in [9.17, 15) is 0 Å². The second-order valence-corrected chi connectivity index (χ2v) is 4.09. The lowest BCUT2D eigenvalue weighted by molar-refractivity contribution is 0.402. The first-order chi connectivity index (χ1) is 7.74. The Balaban J connectivity index is 2.25. The van der Waals surface area contributed by atoms with Gasteiger partial charge in [0, 0.05) is 25.2 Å². The number of rotatable bonds is 4. The molecule has 1 aliphatic rings. The van der Waals surface area contributed by atoms with E-state index in [-0.39, 0.29) is 0 Å². The van der Waals surface area contributed by atoms with Gasteiger partial charge in [0.25, 0.3) is 0 Å². The molecule has 0 bridgehead atoms. The molecule has 0 spiro atoms. The fraction of sp³-hybridized carbons (Fsp3) is 0.455. The SMILES string of the molecule is COc1cc(NC2CNC2)c(OC)cc1Cl. The standard InChI is InChI=1S/C11H15ClN2O2/c1-15-10-4-9(14-7-5-13-6-7)11(16-2)3-8(10)12/h3-4,7,13-14H,5-6H2,1-2H3. The molecule has 0 aliphatic carbocycles. The topological polar surface area (TPSA) is 42.5 Å². The van der Waals surface area contributed by atoms with Gasteiger partial charge < -0.3 is 20.1 Å². The van der Waals surface area contributed by atoms with Crippen LogP contribution in [-0.2, 0) is 0 Å². The second-order valence-electron chi connectivity index (χ2n) is 3.69. The lowest BCUT2D eigenvalue weighted by atomic mass is 10.1. The van der Waals surface area contributed by atoms with E-state index in [4.69, 9.17) is 21.1 Å². The summed E-state index contributed by atoms with van der Waals surface area (Å²) in [5.41, 5.74) is 0.912. The quantitative estimate of drug-likeness (QED) is 0.844. The lowest BCUT2D eigenvalue weighted by Gasteiger charge is -2.29. The average Bonchev–Trinajstić information content (AvgIpc) is 2.24. The van der Waals surface area contributed by atoms with E-state index in [0.29, 0.717) is 16.8 Å². The Hall–Kier alpha value is -1.13. The number of nitrogens with one attached hydrogen (secondary N) is 2. The van der Waals surface area contributed by atoms with Crippen molar-refractivity contribution in [3.63, 3.8) is 0 Å². The minimum atomic E-state index is 0.444. The van der Waals surface area contributed by atoms with Crippen molar-refractivity contribution in [2.75, 3.05) is 32.6 Å². The molecule has 1 aromatic carbocycles. The van der Waals surface area contributed by atoms with Crippen LogP contribution in [0, 0.1) is 0 Å². The van der Waals surface area contributed by atoms with Crippen molar-refractivity contribution in [2.24, 2.45) is 0 Å². The van der Waals surface area contributed by atoms with Gasteiger partial charge in [0.1, 0.15) is 11.5 Å². The summed E-state index contributed by atoms with van der Waals surface area (Å²) in [4.78, 5) is 0. The number of methoxy groups -OCH3 is 2. The Bertz CT molecular complexity index is 380. The van der Waals surface area contributed by atoms with E-state index < -0.39 is 0 Å². The largest absolute Gasteiger partial charge is 0.495 e. The molecule has 0 radical (unpaired) electrons. The molecule has 1 aromatic rings. The fourth-order valence-electron chi connectivity index (χ4n) is 1.58. The van der Waals surface area contributed by atoms with Gasteiger partial charge in [-0.3, -0.25) is 0 Å². The first-order valence-electron chi connectivity index (χ1n) is 5.13. The van der Waals surface area contributed by atoms with Crippen molar-refractivity contribution in [1.29, 1.82) is 0 Å². The molecule has 2 N–H and O–H groups in total. The van der Waals surface area contributed by atoms with Crippen LogP contribution in [-0.4, -0.2) is 33.4 Å². The number of benzene rings is 1. The maximum Gasteiger partial charge on any atom is 0.143 e. The number of hydrogen-bond acceptors (Lipinski definition) is 4. The van der Waals surface area contributed by atoms with Crippen molar-refractivity contribution in [2.45, 2.75) is 6.04 Å². The molecule has 0 aromatic heterocycles. The Morgan fingerprint density at radius 3 is 2.44 bits per heavy atom. The molecule has 1 heterocycles. The highest BCUT2D eigenvalue weighted by Crippen LogP contribution is 2.36. The molecule has 1 saturated heterocycles. The summed E-state index contributed by atoms with van der Waals surface area (Å²) in [6.07, 6.45) is 0. The van der Waals surface area contributed by atoms with Gasteiger partial charge >= 0.3 is 0 Å².